The number of methoxy groups -OCH3 is 1. The molecule has 1 aliphatic rings. The number of benzene rings is 1. The molecule has 1 aromatic carbocycles. The Hall–Kier alpha value is -1.61. The van der Waals surface area contributed by atoms with Gasteiger partial charge in [0.05, 0.1) is 12.7 Å². The summed E-state index contributed by atoms with van der Waals surface area (Å²) in [5.74, 6) is 0.652. The van der Waals surface area contributed by atoms with Gasteiger partial charge in [0.25, 0.3) is 0 Å². The Morgan fingerprint density at radius 3 is 2.88 bits per heavy atom. The Morgan fingerprint density at radius 1 is 1.35 bits per heavy atom. The lowest BCUT2D eigenvalue weighted by Gasteiger charge is -2.09. The van der Waals surface area contributed by atoms with E-state index in [0.29, 0.717) is 5.88 Å². The molecule has 0 saturated heterocycles. The molecule has 0 spiro atoms. The largest absolute Gasteiger partial charge is 0.481 e. The lowest BCUT2D eigenvalue weighted by molar-refractivity contribution is 0.151. The highest BCUT2D eigenvalue weighted by Gasteiger charge is 2.40. The van der Waals surface area contributed by atoms with Crippen LogP contribution >= 0.6 is 0 Å². The standard InChI is InChI=1S/C14H15NO2/c1-17-13-12-3-2-10(9-14(16)5-6-14)8-11(12)4-7-15-13/h2-4,7-8,16H,5-6,9H2,1H3. The van der Waals surface area contributed by atoms with E-state index in [1.54, 1.807) is 13.3 Å². The van der Waals surface area contributed by atoms with Crippen molar-refractivity contribution in [2.75, 3.05) is 7.11 Å². The van der Waals surface area contributed by atoms with Crippen LogP contribution < -0.4 is 4.74 Å². The molecule has 0 unspecified atom stereocenters. The maximum Gasteiger partial charge on any atom is 0.221 e. The van der Waals surface area contributed by atoms with Crippen LogP contribution in [-0.4, -0.2) is 22.8 Å². The number of pyridine rings is 1. The highest BCUT2D eigenvalue weighted by Crippen LogP contribution is 2.38. The lowest BCUT2D eigenvalue weighted by atomic mass is 10.0. The Labute approximate surface area is 100 Å². The van der Waals surface area contributed by atoms with E-state index in [4.69, 9.17) is 4.74 Å². The van der Waals surface area contributed by atoms with Crippen LogP contribution in [0.2, 0.25) is 0 Å². The average Bonchev–Trinajstić information content (AvgIpc) is 3.05. The molecule has 1 aliphatic carbocycles. The van der Waals surface area contributed by atoms with Crippen LogP contribution in [0.1, 0.15) is 18.4 Å². The second-order valence-electron chi connectivity index (χ2n) is 4.78. The minimum atomic E-state index is -0.440. The molecule has 0 radical (unpaired) electrons. The van der Waals surface area contributed by atoms with Gasteiger partial charge in [0.1, 0.15) is 0 Å². The van der Waals surface area contributed by atoms with Crippen molar-refractivity contribution < 1.29 is 9.84 Å². The predicted octanol–water partition coefficient (Wildman–Crippen LogP) is 2.31. The van der Waals surface area contributed by atoms with Crippen molar-refractivity contribution >= 4 is 10.8 Å². The number of nitrogens with zero attached hydrogens (tertiary/aromatic N) is 1. The molecule has 1 heterocycles. The minimum absolute atomic E-state index is 0.440. The summed E-state index contributed by atoms with van der Waals surface area (Å²) in [5.41, 5.74) is 0.732. The van der Waals surface area contributed by atoms with Crippen LogP contribution in [-0.2, 0) is 6.42 Å². The fraction of sp³-hybridized carbons (Fsp3) is 0.357. The molecule has 0 bridgehead atoms. The second kappa shape index (κ2) is 3.70. The molecule has 2 aromatic rings. The number of hydrogen-bond donors (Lipinski definition) is 1. The van der Waals surface area contributed by atoms with Crippen molar-refractivity contribution in [2.45, 2.75) is 24.9 Å². The van der Waals surface area contributed by atoms with Crippen LogP contribution in [0.5, 0.6) is 5.88 Å². The maximum atomic E-state index is 9.92. The van der Waals surface area contributed by atoms with E-state index >= 15 is 0 Å². The first kappa shape index (κ1) is 10.5. The normalized spacial score (nSPS) is 17.1. The number of rotatable bonds is 3. The van der Waals surface area contributed by atoms with E-state index in [1.165, 1.54) is 5.56 Å². The Balaban J connectivity index is 2.01. The molecule has 1 aromatic heterocycles. The van der Waals surface area contributed by atoms with E-state index in [1.807, 2.05) is 18.2 Å². The molecule has 1 N–H and O–H groups in total. The van der Waals surface area contributed by atoms with Crippen LogP contribution in [0.3, 0.4) is 0 Å². The molecule has 1 fully saturated rings. The molecule has 0 amide bonds. The summed E-state index contributed by atoms with van der Waals surface area (Å²) < 4.78 is 5.22. The predicted molar refractivity (Wildman–Crippen MR) is 66.2 cm³/mol. The van der Waals surface area contributed by atoms with Gasteiger partial charge in [-0.05, 0) is 35.9 Å². The van der Waals surface area contributed by atoms with Gasteiger partial charge in [0, 0.05) is 18.0 Å². The van der Waals surface area contributed by atoms with Crippen molar-refractivity contribution in [1.82, 2.24) is 4.98 Å². The highest BCUT2D eigenvalue weighted by atomic mass is 16.5. The minimum Gasteiger partial charge on any atom is -0.481 e. The summed E-state index contributed by atoms with van der Waals surface area (Å²) in [6, 6.07) is 8.14. The van der Waals surface area contributed by atoms with Gasteiger partial charge in [-0.25, -0.2) is 4.98 Å². The van der Waals surface area contributed by atoms with E-state index in [0.717, 1.165) is 30.0 Å². The van der Waals surface area contributed by atoms with Gasteiger partial charge in [-0.2, -0.15) is 0 Å². The summed E-state index contributed by atoms with van der Waals surface area (Å²) >= 11 is 0. The average molecular weight is 229 g/mol. The van der Waals surface area contributed by atoms with Gasteiger partial charge in [-0.1, -0.05) is 12.1 Å². The second-order valence-corrected chi connectivity index (χ2v) is 4.78. The van der Waals surface area contributed by atoms with E-state index in [-0.39, 0.29) is 0 Å². The van der Waals surface area contributed by atoms with Crippen molar-refractivity contribution in [3.63, 3.8) is 0 Å². The smallest absolute Gasteiger partial charge is 0.221 e. The molecular formula is C14H15NO2. The summed E-state index contributed by atoms with van der Waals surface area (Å²) in [4.78, 5) is 4.17. The first-order valence-corrected chi connectivity index (χ1v) is 5.84. The molecule has 1 saturated carbocycles. The number of hydrogen-bond acceptors (Lipinski definition) is 3. The van der Waals surface area contributed by atoms with Crippen molar-refractivity contribution in [3.05, 3.63) is 36.0 Å². The first-order valence-electron chi connectivity index (χ1n) is 5.84. The lowest BCUT2D eigenvalue weighted by Crippen LogP contribution is -2.10. The quantitative estimate of drug-likeness (QED) is 0.878. The summed E-state index contributed by atoms with van der Waals surface area (Å²) in [7, 11) is 1.63. The third-order valence-corrected chi connectivity index (χ3v) is 3.35. The zero-order valence-corrected chi connectivity index (χ0v) is 9.81. The Bertz CT molecular complexity index is 561. The SMILES string of the molecule is COc1nccc2cc(CC3(O)CC3)ccc12. The van der Waals surface area contributed by atoms with Gasteiger partial charge in [0.15, 0.2) is 0 Å². The van der Waals surface area contributed by atoms with Gasteiger partial charge in [-0.3, -0.25) is 0 Å². The maximum absolute atomic E-state index is 9.92. The monoisotopic (exact) mass is 229 g/mol. The molecule has 17 heavy (non-hydrogen) atoms. The third kappa shape index (κ3) is 1.98. The third-order valence-electron chi connectivity index (χ3n) is 3.35. The van der Waals surface area contributed by atoms with Crippen LogP contribution in [0.4, 0.5) is 0 Å². The summed E-state index contributed by atoms with van der Waals surface area (Å²) in [6.07, 6.45) is 4.33. The topological polar surface area (TPSA) is 42.4 Å². The Morgan fingerprint density at radius 2 is 2.18 bits per heavy atom. The molecule has 0 aliphatic heterocycles. The first-order chi connectivity index (χ1) is 8.20. The van der Waals surface area contributed by atoms with Gasteiger partial charge < -0.3 is 9.84 Å². The van der Waals surface area contributed by atoms with Crippen LogP contribution in [0.15, 0.2) is 30.5 Å². The van der Waals surface area contributed by atoms with E-state index in [9.17, 15) is 5.11 Å². The van der Waals surface area contributed by atoms with Gasteiger partial charge in [-0.15, -0.1) is 0 Å². The van der Waals surface area contributed by atoms with Crippen molar-refractivity contribution in [3.8, 4) is 5.88 Å². The zero-order valence-electron chi connectivity index (χ0n) is 9.81. The number of ether oxygens (including phenoxy) is 1. The van der Waals surface area contributed by atoms with E-state index < -0.39 is 5.60 Å². The van der Waals surface area contributed by atoms with Crippen molar-refractivity contribution in [2.24, 2.45) is 0 Å². The van der Waals surface area contributed by atoms with Gasteiger partial charge in [0.2, 0.25) is 5.88 Å². The van der Waals surface area contributed by atoms with Gasteiger partial charge >= 0.3 is 0 Å². The Kier molecular flexibility index (Phi) is 2.30. The number of aliphatic hydroxyl groups is 1. The van der Waals surface area contributed by atoms with Crippen LogP contribution in [0.25, 0.3) is 10.8 Å². The molecule has 88 valence electrons. The number of aromatic nitrogens is 1. The highest BCUT2D eigenvalue weighted by molar-refractivity contribution is 5.87. The number of fused-ring (bicyclic) bond motifs is 1. The van der Waals surface area contributed by atoms with Crippen LogP contribution in [0, 0.1) is 0 Å². The molecule has 3 heteroatoms. The summed E-state index contributed by atoms with van der Waals surface area (Å²) in [6.45, 7) is 0. The van der Waals surface area contributed by atoms with Crippen molar-refractivity contribution in [1.29, 1.82) is 0 Å². The van der Waals surface area contributed by atoms with E-state index in [2.05, 4.69) is 11.1 Å². The molecule has 0 atom stereocenters. The molecular weight excluding hydrogens is 214 g/mol. The molecule has 3 nitrogen and oxygen atoms in total. The molecule has 3 rings (SSSR count). The fourth-order valence-electron chi connectivity index (χ4n) is 2.17. The fourth-order valence-corrected chi connectivity index (χ4v) is 2.17. The summed E-state index contributed by atoms with van der Waals surface area (Å²) in [5, 5.41) is 12.0. The zero-order chi connectivity index (χ0) is 11.9.